The number of ether oxygens (including phenoxy) is 2. The molecule has 106 valence electrons. The van der Waals surface area contributed by atoms with Gasteiger partial charge in [0.2, 0.25) is 0 Å². The summed E-state index contributed by atoms with van der Waals surface area (Å²) in [5.74, 6) is 0.734. The summed E-state index contributed by atoms with van der Waals surface area (Å²) in [6.07, 6.45) is 0.296. The van der Waals surface area contributed by atoms with Crippen molar-refractivity contribution >= 4 is 11.8 Å². The Balaban J connectivity index is 2.13. The van der Waals surface area contributed by atoms with Crippen molar-refractivity contribution in [3.63, 3.8) is 0 Å². The van der Waals surface area contributed by atoms with Crippen molar-refractivity contribution < 1.29 is 14.3 Å². The third kappa shape index (κ3) is 7.18. The van der Waals surface area contributed by atoms with E-state index in [4.69, 9.17) is 15.2 Å². The Morgan fingerprint density at radius 1 is 1.37 bits per heavy atom. The number of hydrogen-bond donors (Lipinski definition) is 2. The molecule has 0 aliphatic heterocycles. The van der Waals surface area contributed by atoms with Crippen molar-refractivity contribution in [1.82, 2.24) is 5.32 Å². The molecule has 0 bridgehead atoms. The highest BCUT2D eigenvalue weighted by atomic mass is 16.6. The predicted octanol–water partition coefficient (Wildman–Crippen LogP) is 2.56. The van der Waals surface area contributed by atoms with Crippen LogP contribution < -0.4 is 15.8 Å². The van der Waals surface area contributed by atoms with E-state index >= 15 is 0 Å². The molecule has 0 aromatic heterocycles. The number of rotatable bonds is 5. The van der Waals surface area contributed by atoms with Gasteiger partial charge in [-0.05, 0) is 39.3 Å². The quantitative estimate of drug-likeness (QED) is 0.634. The fourth-order valence-corrected chi connectivity index (χ4v) is 1.37. The Morgan fingerprint density at radius 3 is 2.74 bits per heavy atom. The van der Waals surface area contributed by atoms with Crippen LogP contribution in [0.5, 0.6) is 5.75 Å². The van der Waals surface area contributed by atoms with Crippen LogP contribution in [0, 0.1) is 0 Å². The molecule has 0 saturated heterocycles. The molecule has 1 aromatic rings. The van der Waals surface area contributed by atoms with Crippen LogP contribution in [-0.4, -0.2) is 24.8 Å². The zero-order valence-corrected chi connectivity index (χ0v) is 11.7. The minimum atomic E-state index is -0.470. The molecule has 0 unspecified atom stereocenters. The number of alkyl carbamates (subject to hydrolysis) is 1. The van der Waals surface area contributed by atoms with Crippen LogP contribution in [-0.2, 0) is 4.74 Å². The number of hydrogen-bond acceptors (Lipinski definition) is 4. The first-order chi connectivity index (χ1) is 8.87. The minimum Gasteiger partial charge on any atom is -0.493 e. The first-order valence-corrected chi connectivity index (χ1v) is 6.32. The SMILES string of the molecule is CC(C)(C)OC(=O)NCCCOc1cccc(N)c1. The molecule has 5 nitrogen and oxygen atoms in total. The third-order valence-corrected chi connectivity index (χ3v) is 2.12. The molecule has 0 atom stereocenters. The summed E-state index contributed by atoms with van der Waals surface area (Å²) in [6, 6.07) is 7.25. The normalized spacial score (nSPS) is 10.9. The first-order valence-electron chi connectivity index (χ1n) is 6.32. The van der Waals surface area contributed by atoms with Gasteiger partial charge in [-0.25, -0.2) is 4.79 Å². The van der Waals surface area contributed by atoms with E-state index in [0.29, 0.717) is 25.3 Å². The molecule has 0 fully saturated rings. The van der Waals surface area contributed by atoms with Crippen molar-refractivity contribution in [1.29, 1.82) is 0 Å². The number of benzene rings is 1. The van der Waals surface area contributed by atoms with Crippen LogP contribution in [0.2, 0.25) is 0 Å². The van der Waals surface area contributed by atoms with E-state index in [1.54, 1.807) is 12.1 Å². The van der Waals surface area contributed by atoms with Gasteiger partial charge in [0, 0.05) is 18.3 Å². The molecular formula is C14H22N2O3. The number of nitrogens with one attached hydrogen (secondary N) is 1. The highest BCUT2D eigenvalue weighted by Crippen LogP contribution is 2.14. The molecule has 5 heteroatoms. The highest BCUT2D eigenvalue weighted by Gasteiger charge is 2.15. The Hall–Kier alpha value is -1.91. The van der Waals surface area contributed by atoms with E-state index in [1.165, 1.54) is 0 Å². The zero-order chi connectivity index (χ0) is 14.3. The fraction of sp³-hybridized carbons (Fsp3) is 0.500. The standard InChI is InChI=1S/C14H22N2O3/c1-14(2,3)19-13(17)16-8-5-9-18-12-7-4-6-11(15)10-12/h4,6-7,10H,5,8-9,15H2,1-3H3,(H,16,17). The van der Waals surface area contributed by atoms with Crippen LogP contribution in [0.4, 0.5) is 10.5 Å². The largest absolute Gasteiger partial charge is 0.493 e. The van der Waals surface area contributed by atoms with E-state index in [9.17, 15) is 4.79 Å². The van der Waals surface area contributed by atoms with Gasteiger partial charge in [-0.3, -0.25) is 0 Å². The first kappa shape index (κ1) is 15.1. The molecule has 1 rings (SSSR count). The molecule has 0 spiro atoms. The van der Waals surface area contributed by atoms with Gasteiger partial charge >= 0.3 is 6.09 Å². The highest BCUT2D eigenvalue weighted by molar-refractivity contribution is 5.67. The van der Waals surface area contributed by atoms with E-state index in [-0.39, 0.29) is 0 Å². The third-order valence-electron chi connectivity index (χ3n) is 2.12. The number of nitrogen functional groups attached to an aromatic ring is 1. The molecule has 1 aromatic carbocycles. The predicted molar refractivity (Wildman–Crippen MR) is 75.2 cm³/mol. The Bertz CT molecular complexity index is 413. The fourth-order valence-electron chi connectivity index (χ4n) is 1.37. The zero-order valence-electron chi connectivity index (χ0n) is 11.7. The lowest BCUT2D eigenvalue weighted by Gasteiger charge is -2.19. The van der Waals surface area contributed by atoms with Crippen molar-refractivity contribution in [2.24, 2.45) is 0 Å². The van der Waals surface area contributed by atoms with Gasteiger partial charge in [0.1, 0.15) is 11.4 Å². The summed E-state index contributed by atoms with van der Waals surface area (Å²) in [4.78, 5) is 11.3. The van der Waals surface area contributed by atoms with E-state index in [1.807, 2.05) is 32.9 Å². The summed E-state index contributed by atoms with van der Waals surface area (Å²) < 4.78 is 10.6. The second-order valence-electron chi connectivity index (χ2n) is 5.20. The van der Waals surface area contributed by atoms with Crippen LogP contribution in [0.3, 0.4) is 0 Å². The van der Waals surface area contributed by atoms with E-state index in [0.717, 1.165) is 5.75 Å². The Labute approximate surface area is 114 Å². The summed E-state index contributed by atoms with van der Waals surface area (Å²) >= 11 is 0. The minimum absolute atomic E-state index is 0.406. The molecule has 19 heavy (non-hydrogen) atoms. The van der Waals surface area contributed by atoms with Gasteiger partial charge in [-0.15, -0.1) is 0 Å². The van der Waals surface area contributed by atoms with Crippen molar-refractivity contribution in [3.05, 3.63) is 24.3 Å². The average molecular weight is 266 g/mol. The Morgan fingerprint density at radius 2 is 2.11 bits per heavy atom. The molecule has 1 amide bonds. The van der Waals surface area contributed by atoms with Gasteiger partial charge < -0.3 is 20.5 Å². The average Bonchev–Trinajstić information content (AvgIpc) is 2.26. The molecule has 3 N–H and O–H groups in total. The molecule has 0 aliphatic rings. The van der Waals surface area contributed by atoms with Crippen LogP contribution in [0.15, 0.2) is 24.3 Å². The van der Waals surface area contributed by atoms with Crippen LogP contribution >= 0.6 is 0 Å². The monoisotopic (exact) mass is 266 g/mol. The maximum Gasteiger partial charge on any atom is 0.407 e. The number of carbonyl (C=O) groups is 1. The van der Waals surface area contributed by atoms with Crippen LogP contribution in [0.1, 0.15) is 27.2 Å². The lowest BCUT2D eigenvalue weighted by Crippen LogP contribution is -2.33. The number of nitrogens with two attached hydrogens (primary N) is 1. The smallest absolute Gasteiger partial charge is 0.407 e. The van der Waals surface area contributed by atoms with E-state index < -0.39 is 11.7 Å². The summed E-state index contributed by atoms with van der Waals surface area (Å²) in [7, 11) is 0. The number of amides is 1. The Kier molecular flexibility index (Phi) is 5.48. The van der Waals surface area contributed by atoms with Crippen molar-refractivity contribution in [3.8, 4) is 5.75 Å². The number of anilines is 1. The summed E-state index contributed by atoms with van der Waals surface area (Å²) in [5, 5.41) is 2.67. The van der Waals surface area contributed by atoms with Gasteiger partial charge in [0.15, 0.2) is 0 Å². The van der Waals surface area contributed by atoms with Gasteiger partial charge in [-0.1, -0.05) is 6.07 Å². The molecule has 0 heterocycles. The molecular weight excluding hydrogens is 244 g/mol. The van der Waals surface area contributed by atoms with Gasteiger partial charge in [0.05, 0.1) is 6.61 Å². The lowest BCUT2D eigenvalue weighted by atomic mass is 10.2. The number of carbonyl (C=O) groups excluding carboxylic acids is 1. The van der Waals surface area contributed by atoms with Gasteiger partial charge in [-0.2, -0.15) is 0 Å². The molecule has 0 aliphatic carbocycles. The van der Waals surface area contributed by atoms with Crippen molar-refractivity contribution in [2.75, 3.05) is 18.9 Å². The topological polar surface area (TPSA) is 73.6 Å². The maximum absolute atomic E-state index is 11.3. The van der Waals surface area contributed by atoms with Gasteiger partial charge in [0.25, 0.3) is 0 Å². The lowest BCUT2D eigenvalue weighted by molar-refractivity contribution is 0.0525. The van der Waals surface area contributed by atoms with E-state index in [2.05, 4.69) is 5.32 Å². The van der Waals surface area contributed by atoms with Crippen molar-refractivity contribution in [2.45, 2.75) is 32.8 Å². The summed E-state index contributed by atoms with van der Waals surface area (Å²) in [5.41, 5.74) is 5.83. The molecule has 0 saturated carbocycles. The van der Waals surface area contributed by atoms with Crippen LogP contribution in [0.25, 0.3) is 0 Å². The molecule has 0 radical (unpaired) electrons. The summed E-state index contributed by atoms with van der Waals surface area (Å²) in [6.45, 7) is 6.51. The second-order valence-corrected chi connectivity index (χ2v) is 5.20. The maximum atomic E-state index is 11.3. The second kappa shape index (κ2) is 6.87.